The monoisotopic (exact) mass is 376 g/mol. The van der Waals surface area contributed by atoms with Gasteiger partial charge >= 0.3 is 0 Å². The minimum absolute atomic E-state index is 0.0124. The molecular weight excluding hydrogens is 354 g/mol. The van der Waals surface area contributed by atoms with Crippen molar-refractivity contribution < 1.29 is 18.3 Å². The lowest BCUT2D eigenvalue weighted by atomic mass is 10.2. The third kappa shape index (κ3) is 6.58. The Bertz CT molecular complexity index is 795. The Morgan fingerprint density at radius 2 is 1.78 bits per heavy atom. The number of guanidine groups is 1. The number of carbonyl (C=O) groups excluding carboxylic acids is 1. The van der Waals surface area contributed by atoms with Gasteiger partial charge in [0.15, 0.2) is 5.96 Å². The maximum atomic E-state index is 13.6. The first-order valence-corrected chi connectivity index (χ1v) is 8.30. The molecule has 0 saturated heterocycles. The van der Waals surface area contributed by atoms with E-state index in [4.69, 9.17) is 4.74 Å². The molecule has 2 rings (SSSR count). The van der Waals surface area contributed by atoms with Crippen LogP contribution in [0, 0.1) is 11.6 Å². The summed E-state index contributed by atoms with van der Waals surface area (Å²) in [7, 11) is 3.11. The first kappa shape index (κ1) is 20.2. The molecule has 0 atom stereocenters. The molecule has 0 aromatic heterocycles. The molecule has 0 aliphatic heterocycles. The van der Waals surface area contributed by atoms with Crippen LogP contribution in [0.5, 0.6) is 5.75 Å². The van der Waals surface area contributed by atoms with E-state index in [1.165, 1.54) is 7.05 Å². The topological polar surface area (TPSA) is 74.8 Å². The van der Waals surface area contributed by atoms with Gasteiger partial charge < -0.3 is 20.7 Å². The van der Waals surface area contributed by atoms with Crippen LogP contribution in [0.1, 0.15) is 11.1 Å². The molecule has 2 aromatic rings. The molecule has 0 spiro atoms. The minimum atomic E-state index is -0.519. The van der Waals surface area contributed by atoms with Crippen LogP contribution < -0.4 is 20.7 Å². The normalized spacial score (nSPS) is 11.0. The van der Waals surface area contributed by atoms with Gasteiger partial charge in [-0.15, -0.1) is 0 Å². The van der Waals surface area contributed by atoms with Crippen LogP contribution in [0.15, 0.2) is 47.5 Å². The molecule has 144 valence electrons. The van der Waals surface area contributed by atoms with Crippen molar-refractivity contribution >= 4 is 11.9 Å². The van der Waals surface area contributed by atoms with Crippen LogP contribution in [0.2, 0.25) is 0 Å². The zero-order valence-corrected chi connectivity index (χ0v) is 15.2. The minimum Gasteiger partial charge on any atom is -0.497 e. The molecule has 1 amide bonds. The number of benzene rings is 2. The highest BCUT2D eigenvalue weighted by Gasteiger charge is 2.07. The van der Waals surface area contributed by atoms with Crippen LogP contribution in [0.25, 0.3) is 0 Å². The van der Waals surface area contributed by atoms with Crippen LogP contribution in [0.4, 0.5) is 8.78 Å². The number of aliphatic imine (C=N–C) groups is 1. The lowest BCUT2D eigenvalue weighted by Gasteiger charge is -2.12. The summed E-state index contributed by atoms with van der Waals surface area (Å²) in [4.78, 5) is 15.9. The van der Waals surface area contributed by atoms with E-state index in [2.05, 4.69) is 20.9 Å². The number of rotatable bonds is 7. The van der Waals surface area contributed by atoms with E-state index in [-0.39, 0.29) is 24.6 Å². The fourth-order valence-electron chi connectivity index (χ4n) is 2.25. The zero-order valence-electron chi connectivity index (χ0n) is 15.2. The smallest absolute Gasteiger partial charge is 0.239 e. The van der Waals surface area contributed by atoms with E-state index < -0.39 is 11.6 Å². The van der Waals surface area contributed by atoms with E-state index >= 15 is 0 Å². The predicted molar refractivity (Wildman–Crippen MR) is 99.4 cm³/mol. The molecule has 0 saturated carbocycles. The van der Waals surface area contributed by atoms with Crippen LogP contribution >= 0.6 is 0 Å². The van der Waals surface area contributed by atoms with E-state index in [0.29, 0.717) is 12.5 Å². The first-order chi connectivity index (χ1) is 13.0. The number of carbonyl (C=O) groups is 1. The van der Waals surface area contributed by atoms with Gasteiger partial charge in [-0.05, 0) is 35.9 Å². The Morgan fingerprint density at radius 1 is 1.04 bits per heavy atom. The van der Waals surface area contributed by atoms with Crippen molar-refractivity contribution in [2.45, 2.75) is 13.1 Å². The number of hydrogen-bond acceptors (Lipinski definition) is 3. The second kappa shape index (κ2) is 10.1. The molecule has 8 heteroatoms. The fourth-order valence-corrected chi connectivity index (χ4v) is 2.25. The van der Waals surface area contributed by atoms with Crippen LogP contribution in [-0.4, -0.2) is 32.6 Å². The van der Waals surface area contributed by atoms with Gasteiger partial charge in [0.1, 0.15) is 17.4 Å². The van der Waals surface area contributed by atoms with Gasteiger partial charge in [-0.25, -0.2) is 8.78 Å². The molecule has 3 N–H and O–H groups in total. The Kier molecular flexibility index (Phi) is 7.54. The molecule has 0 aliphatic rings. The number of nitrogens with one attached hydrogen (secondary N) is 3. The summed E-state index contributed by atoms with van der Waals surface area (Å²) < 4.78 is 31.9. The van der Waals surface area contributed by atoms with Crippen molar-refractivity contribution in [1.82, 2.24) is 16.0 Å². The van der Waals surface area contributed by atoms with Crippen molar-refractivity contribution in [3.05, 3.63) is 65.2 Å². The number of halogens is 2. The third-order valence-electron chi connectivity index (χ3n) is 3.74. The summed E-state index contributed by atoms with van der Waals surface area (Å²) in [6.07, 6.45) is 0. The third-order valence-corrected chi connectivity index (χ3v) is 3.74. The number of hydrogen-bond donors (Lipinski definition) is 3. The summed E-state index contributed by atoms with van der Waals surface area (Å²) >= 11 is 0. The number of amides is 1. The highest BCUT2D eigenvalue weighted by Crippen LogP contribution is 2.11. The van der Waals surface area contributed by atoms with Gasteiger partial charge in [-0.1, -0.05) is 12.1 Å². The summed E-state index contributed by atoms with van der Waals surface area (Å²) in [6, 6.07) is 10.6. The van der Waals surface area contributed by atoms with Crippen molar-refractivity contribution in [2.24, 2.45) is 4.99 Å². The SMILES string of the molecule is CN=C(NCC(=O)NCc1ccc(OC)cc1)NCc1cc(F)ccc1F. The van der Waals surface area contributed by atoms with Gasteiger partial charge in [-0.2, -0.15) is 0 Å². The maximum absolute atomic E-state index is 13.6. The lowest BCUT2D eigenvalue weighted by molar-refractivity contribution is -0.120. The van der Waals surface area contributed by atoms with E-state index in [1.54, 1.807) is 7.11 Å². The van der Waals surface area contributed by atoms with Gasteiger partial charge in [0.25, 0.3) is 0 Å². The van der Waals surface area contributed by atoms with Crippen molar-refractivity contribution in [1.29, 1.82) is 0 Å². The summed E-state index contributed by atoms with van der Waals surface area (Å²) in [6.45, 7) is 0.406. The molecule has 0 bridgehead atoms. The lowest BCUT2D eigenvalue weighted by Crippen LogP contribution is -2.42. The predicted octanol–water partition coefficient (Wildman–Crippen LogP) is 1.95. The molecule has 0 aliphatic carbocycles. The Morgan fingerprint density at radius 3 is 2.44 bits per heavy atom. The number of nitrogens with zero attached hydrogens (tertiary/aromatic N) is 1. The molecular formula is C19H22F2N4O2. The Balaban J connectivity index is 1.75. The van der Waals surface area contributed by atoms with Gasteiger partial charge in [0.05, 0.1) is 13.7 Å². The second-order valence-electron chi connectivity index (χ2n) is 5.64. The largest absolute Gasteiger partial charge is 0.497 e. The van der Waals surface area contributed by atoms with Crippen molar-refractivity contribution in [3.8, 4) is 5.75 Å². The Labute approximate surface area is 156 Å². The van der Waals surface area contributed by atoms with Gasteiger partial charge in [-0.3, -0.25) is 9.79 Å². The zero-order chi connectivity index (χ0) is 19.6. The van der Waals surface area contributed by atoms with Crippen molar-refractivity contribution in [3.63, 3.8) is 0 Å². The Hall–Kier alpha value is -3.16. The maximum Gasteiger partial charge on any atom is 0.239 e. The first-order valence-electron chi connectivity index (χ1n) is 8.30. The van der Waals surface area contributed by atoms with Gasteiger partial charge in [0, 0.05) is 25.7 Å². The highest BCUT2D eigenvalue weighted by atomic mass is 19.1. The second-order valence-corrected chi connectivity index (χ2v) is 5.64. The van der Waals surface area contributed by atoms with E-state index in [0.717, 1.165) is 29.5 Å². The molecule has 27 heavy (non-hydrogen) atoms. The van der Waals surface area contributed by atoms with Crippen molar-refractivity contribution in [2.75, 3.05) is 20.7 Å². The highest BCUT2D eigenvalue weighted by molar-refractivity contribution is 5.86. The van der Waals surface area contributed by atoms with Crippen LogP contribution in [-0.2, 0) is 17.9 Å². The number of ether oxygens (including phenoxy) is 1. The molecule has 2 aromatic carbocycles. The van der Waals surface area contributed by atoms with Gasteiger partial charge in [0.2, 0.25) is 5.91 Å². The standard InChI is InChI=1S/C19H22F2N4O2/c1-22-19(24-11-14-9-15(20)5-8-17(14)21)25-12-18(26)23-10-13-3-6-16(27-2)7-4-13/h3-9H,10-12H2,1-2H3,(H,23,26)(H2,22,24,25). The van der Waals surface area contributed by atoms with E-state index in [1.807, 2.05) is 24.3 Å². The molecule has 0 heterocycles. The molecule has 0 unspecified atom stereocenters. The molecule has 0 radical (unpaired) electrons. The summed E-state index contributed by atoms with van der Waals surface area (Å²) in [5.41, 5.74) is 1.11. The van der Waals surface area contributed by atoms with E-state index in [9.17, 15) is 13.6 Å². The fraction of sp³-hybridized carbons (Fsp3) is 0.263. The van der Waals surface area contributed by atoms with Crippen LogP contribution in [0.3, 0.4) is 0 Å². The average Bonchev–Trinajstić information content (AvgIpc) is 2.69. The summed E-state index contributed by atoms with van der Waals surface area (Å²) in [5.74, 6) is -0.217. The quantitative estimate of drug-likeness (QED) is 0.510. The summed E-state index contributed by atoms with van der Waals surface area (Å²) in [5, 5.41) is 8.42. The average molecular weight is 376 g/mol. The molecule has 6 nitrogen and oxygen atoms in total. The molecule has 0 fully saturated rings. The number of methoxy groups -OCH3 is 1.